The summed E-state index contributed by atoms with van der Waals surface area (Å²) in [6.45, 7) is 3.08. The molecular weight excluding hydrogens is 313 g/mol. The van der Waals surface area contributed by atoms with E-state index in [0.29, 0.717) is 6.61 Å². The summed E-state index contributed by atoms with van der Waals surface area (Å²) in [4.78, 5) is 23.3. The average molecular weight is 332 g/mol. The number of hydrogen-bond donors (Lipinski definition) is 0. The molecule has 1 aromatic rings. The standard InChI is InChI=1S/C16H19F3O4/c1-3-4-5-10-22-14(20)12-6-8-13(9-7-12)15(21)23-11(2)16(17,18)19/h6-9,11H,3-5,10H2,1-2H3. The van der Waals surface area contributed by atoms with Crippen molar-refractivity contribution in [2.45, 2.75) is 45.4 Å². The maximum atomic E-state index is 12.3. The van der Waals surface area contributed by atoms with Crippen LogP contribution in [0.3, 0.4) is 0 Å². The molecule has 7 heteroatoms. The second kappa shape index (κ2) is 8.55. The van der Waals surface area contributed by atoms with Gasteiger partial charge in [-0.25, -0.2) is 9.59 Å². The van der Waals surface area contributed by atoms with Crippen LogP contribution in [0.25, 0.3) is 0 Å². The number of carbonyl (C=O) groups is 2. The molecule has 1 unspecified atom stereocenters. The molecule has 0 spiro atoms. The topological polar surface area (TPSA) is 52.6 Å². The molecule has 0 aromatic heterocycles. The molecule has 1 atom stereocenters. The first-order valence-corrected chi connectivity index (χ1v) is 7.30. The van der Waals surface area contributed by atoms with Crippen molar-refractivity contribution in [2.24, 2.45) is 0 Å². The molecule has 128 valence electrons. The van der Waals surface area contributed by atoms with Gasteiger partial charge in [-0.15, -0.1) is 0 Å². The molecule has 0 radical (unpaired) electrons. The van der Waals surface area contributed by atoms with E-state index in [1.165, 1.54) is 24.3 Å². The van der Waals surface area contributed by atoms with Gasteiger partial charge in [0.25, 0.3) is 0 Å². The van der Waals surface area contributed by atoms with Gasteiger partial charge >= 0.3 is 18.1 Å². The van der Waals surface area contributed by atoms with Crippen LogP contribution in [0.5, 0.6) is 0 Å². The van der Waals surface area contributed by atoms with Gasteiger partial charge < -0.3 is 9.47 Å². The highest BCUT2D eigenvalue weighted by atomic mass is 19.4. The summed E-state index contributed by atoms with van der Waals surface area (Å²) >= 11 is 0. The number of rotatable bonds is 7. The minimum atomic E-state index is -4.61. The number of alkyl halides is 3. The highest BCUT2D eigenvalue weighted by molar-refractivity contribution is 5.93. The normalized spacial score (nSPS) is 12.6. The van der Waals surface area contributed by atoms with E-state index >= 15 is 0 Å². The van der Waals surface area contributed by atoms with Crippen molar-refractivity contribution in [2.75, 3.05) is 6.61 Å². The lowest BCUT2D eigenvalue weighted by Gasteiger charge is -2.16. The van der Waals surface area contributed by atoms with E-state index in [0.717, 1.165) is 26.2 Å². The Kier molecular flexibility index (Phi) is 7.06. The Labute approximate surface area is 132 Å². The van der Waals surface area contributed by atoms with Crippen molar-refractivity contribution in [3.05, 3.63) is 35.4 Å². The van der Waals surface area contributed by atoms with Crippen LogP contribution in [-0.4, -0.2) is 30.8 Å². The predicted molar refractivity (Wildman–Crippen MR) is 77.2 cm³/mol. The highest BCUT2D eigenvalue weighted by Gasteiger charge is 2.39. The van der Waals surface area contributed by atoms with Gasteiger partial charge in [-0.2, -0.15) is 13.2 Å². The Morgan fingerprint density at radius 3 is 2.04 bits per heavy atom. The molecular formula is C16H19F3O4. The number of carbonyl (C=O) groups excluding carboxylic acids is 2. The van der Waals surface area contributed by atoms with E-state index in [1.54, 1.807) is 0 Å². The van der Waals surface area contributed by atoms with Gasteiger partial charge in [-0.3, -0.25) is 0 Å². The van der Waals surface area contributed by atoms with E-state index in [2.05, 4.69) is 4.74 Å². The highest BCUT2D eigenvalue weighted by Crippen LogP contribution is 2.23. The summed E-state index contributed by atoms with van der Waals surface area (Å²) in [7, 11) is 0. The fourth-order valence-electron chi connectivity index (χ4n) is 1.64. The SMILES string of the molecule is CCCCCOC(=O)c1ccc(C(=O)OC(C)C(F)(F)F)cc1. The number of hydrogen-bond acceptors (Lipinski definition) is 4. The molecule has 0 N–H and O–H groups in total. The fraction of sp³-hybridized carbons (Fsp3) is 0.500. The number of esters is 2. The second-order valence-corrected chi connectivity index (χ2v) is 5.01. The fourth-order valence-corrected chi connectivity index (χ4v) is 1.64. The molecule has 0 aliphatic heterocycles. The third-order valence-electron chi connectivity index (χ3n) is 3.08. The summed E-state index contributed by atoms with van der Waals surface area (Å²) in [5.41, 5.74) is 0.158. The second-order valence-electron chi connectivity index (χ2n) is 5.01. The van der Waals surface area contributed by atoms with Gasteiger partial charge in [-0.1, -0.05) is 19.8 Å². The summed E-state index contributed by atoms with van der Waals surface area (Å²) in [5, 5.41) is 0. The van der Waals surface area contributed by atoms with Crippen LogP contribution < -0.4 is 0 Å². The summed E-state index contributed by atoms with van der Waals surface area (Å²) < 4.78 is 46.3. The van der Waals surface area contributed by atoms with Gasteiger partial charge in [0.15, 0.2) is 6.10 Å². The summed E-state index contributed by atoms with van der Waals surface area (Å²) in [6.07, 6.45) is -4.08. The van der Waals surface area contributed by atoms with Crippen LogP contribution in [0.15, 0.2) is 24.3 Å². The minimum Gasteiger partial charge on any atom is -0.462 e. The smallest absolute Gasteiger partial charge is 0.425 e. The third kappa shape index (κ3) is 6.30. The van der Waals surface area contributed by atoms with Crippen molar-refractivity contribution in [1.29, 1.82) is 0 Å². The number of benzene rings is 1. The maximum absolute atomic E-state index is 12.3. The molecule has 1 rings (SSSR count). The molecule has 4 nitrogen and oxygen atoms in total. The van der Waals surface area contributed by atoms with Crippen LogP contribution in [0.4, 0.5) is 13.2 Å². The zero-order valence-electron chi connectivity index (χ0n) is 13.0. The number of halogens is 3. The average Bonchev–Trinajstić information content (AvgIpc) is 2.50. The Hall–Kier alpha value is -2.05. The van der Waals surface area contributed by atoms with E-state index in [-0.39, 0.29) is 11.1 Å². The maximum Gasteiger partial charge on any atom is 0.425 e. The molecule has 0 fully saturated rings. The Balaban J connectivity index is 2.58. The van der Waals surface area contributed by atoms with Crippen molar-refractivity contribution in [3.63, 3.8) is 0 Å². The first-order valence-electron chi connectivity index (χ1n) is 7.30. The van der Waals surface area contributed by atoms with Crippen LogP contribution >= 0.6 is 0 Å². The molecule has 0 aliphatic carbocycles. The molecule has 0 aliphatic rings. The van der Waals surface area contributed by atoms with Gasteiger partial charge in [0.2, 0.25) is 0 Å². The van der Waals surface area contributed by atoms with E-state index in [4.69, 9.17) is 4.74 Å². The molecule has 23 heavy (non-hydrogen) atoms. The molecule has 1 aromatic carbocycles. The Bertz CT molecular complexity index is 523. The lowest BCUT2D eigenvalue weighted by Crippen LogP contribution is -2.30. The molecule has 0 saturated carbocycles. The molecule has 0 saturated heterocycles. The third-order valence-corrected chi connectivity index (χ3v) is 3.08. The zero-order chi connectivity index (χ0) is 17.5. The van der Waals surface area contributed by atoms with Crippen LogP contribution in [0.1, 0.15) is 53.8 Å². The number of ether oxygens (including phenoxy) is 2. The zero-order valence-corrected chi connectivity index (χ0v) is 13.0. The Morgan fingerprint density at radius 2 is 1.57 bits per heavy atom. The molecule has 0 bridgehead atoms. The minimum absolute atomic E-state index is 0.0661. The predicted octanol–water partition coefficient (Wildman–Crippen LogP) is 4.14. The lowest BCUT2D eigenvalue weighted by atomic mass is 10.1. The lowest BCUT2D eigenvalue weighted by molar-refractivity contribution is -0.198. The van der Waals surface area contributed by atoms with Gasteiger partial charge in [0.1, 0.15) is 0 Å². The first kappa shape index (κ1) is 19.0. The van der Waals surface area contributed by atoms with E-state index in [9.17, 15) is 22.8 Å². The Morgan fingerprint density at radius 1 is 1.04 bits per heavy atom. The van der Waals surface area contributed by atoms with Crippen LogP contribution in [-0.2, 0) is 9.47 Å². The number of unbranched alkanes of at least 4 members (excludes halogenated alkanes) is 2. The van der Waals surface area contributed by atoms with E-state index in [1.807, 2.05) is 6.92 Å². The van der Waals surface area contributed by atoms with Gasteiger partial charge in [-0.05, 0) is 37.6 Å². The van der Waals surface area contributed by atoms with Gasteiger partial charge in [0.05, 0.1) is 17.7 Å². The first-order chi connectivity index (χ1) is 10.8. The molecule has 0 heterocycles. The van der Waals surface area contributed by atoms with Crippen LogP contribution in [0.2, 0.25) is 0 Å². The van der Waals surface area contributed by atoms with Crippen molar-refractivity contribution in [1.82, 2.24) is 0 Å². The monoisotopic (exact) mass is 332 g/mol. The molecule has 0 amide bonds. The summed E-state index contributed by atoms with van der Waals surface area (Å²) in [5.74, 6) is -1.64. The van der Waals surface area contributed by atoms with Crippen LogP contribution in [0, 0.1) is 0 Å². The van der Waals surface area contributed by atoms with Crippen molar-refractivity contribution < 1.29 is 32.2 Å². The quantitative estimate of drug-likeness (QED) is 0.556. The van der Waals surface area contributed by atoms with E-state index < -0.39 is 24.2 Å². The summed E-state index contributed by atoms with van der Waals surface area (Å²) in [6, 6.07) is 5.09. The van der Waals surface area contributed by atoms with Crippen molar-refractivity contribution in [3.8, 4) is 0 Å². The largest absolute Gasteiger partial charge is 0.462 e. The van der Waals surface area contributed by atoms with Crippen molar-refractivity contribution >= 4 is 11.9 Å². The van der Waals surface area contributed by atoms with Gasteiger partial charge in [0, 0.05) is 0 Å².